The first-order chi connectivity index (χ1) is 20.4. The molecule has 0 amide bonds. The third-order valence-corrected chi connectivity index (χ3v) is 7.71. The van der Waals surface area contributed by atoms with Gasteiger partial charge in [0.2, 0.25) is 0 Å². The van der Waals surface area contributed by atoms with E-state index in [9.17, 15) is 9.59 Å². The average Bonchev–Trinajstić information content (AvgIpc) is 3.31. The number of esters is 1. The van der Waals surface area contributed by atoms with E-state index < -0.39 is 12.0 Å². The summed E-state index contributed by atoms with van der Waals surface area (Å²) in [5.74, 6) is 0.709. The molecule has 0 radical (unpaired) electrons. The van der Waals surface area contributed by atoms with E-state index in [0.29, 0.717) is 50.3 Å². The van der Waals surface area contributed by atoms with Crippen LogP contribution in [0.5, 0.6) is 11.5 Å². The fourth-order valence-corrected chi connectivity index (χ4v) is 5.89. The number of halogens is 1. The highest BCUT2D eigenvalue weighted by Gasteiger charge is 2.35. The monoisotopic (exact) mass is 600 g/mol. The van der Waals surface area contributed by atoms with Crippen LogP contribution in [0.4, 0.5) is 0 Å². The maximum absolute atomic E-state index is 14.1. The lowest BCUT2D eigenvalue weighted by atomic mass is 9.93. The molecule has 0 N–H and O–H groups in total. The van der Waals surface area contributed by atoms with Crippen LogP contribution in [0.25, 0.3) is 11.8 Å². The predicted molar refractivity (Wildman–Crippen MR) is 166 cm³/mol. The van der Waals surface area contributed by atoms with Gasteiger partial charge in [-0.05, 0) is 55.8 Å². The lowest BCUT2D eigenvalue weighted by Gasteiger charge is -2.26. The van der Waals surface area contributed by atoms with E-state index in [4.69, 9.17) is 30.8 Å². The van der Waals surface area contributed by atoms with Gasteiger partial charge in [0.15, 0.2) is 4.80 Å². The molecular formula is C33H29ClN2O5S. The first-order valence-corrected chi connectivity index (χ1v) is 14.7. The summed E-state index contributed by atoms with van der Waals surface area (Å²) in [6, 6.07) is 21.2. The van der Waals surface area contributed by atoms with E-state index in [-0.39, 0.29) is 17.7 Å². The summed E-state index contributed by atoms with van der Waals surface area (Å²) in [7, 11) is 0. The molecule has 214 valence electrons. The Morgan fingerprint density at radius 2 is 1.81 bits per heavy atom. The minimum atomic E-state index is -0.788. The van der Waals surface area contributed by atoms with E-state index in [2.05, 4.69) is 6.58 Å². The van der Waals surface area contributed by atoms with Crippen molar-refractivity contribution in [1.29, 1.82) is 0 Å². The number of nitrogens with zero attached hydrogens (tertiary/aromatic N) is 2. The summed E-state index contributed by atoms with van der Waals surface area (Å²) in [6.07, 6.45) is 3.38. The summed E-state index contributed by atoms with van der Waals surface area (Å²) < 4.78 is 18.9. The molecule has 0 saturated carbocycles. The van der Waals surface area contributed by atoms with Gasteiger partial charge >= 0.3 is 5.97 Å². The first-order valence-electron chi connectivity index (χ1n) is 13.5. The Bertz CT molecular complexity index is 1820. The third kappa shape index (κ3) is 5.95. The first kappa shape index (κ1) is 29.1. The smallest absolute Gasteiger partial charge is 0.338 e. The average molecular weight is 601 g/mol. The molecule has 1 aromatic heterocycles. The molecule has 4 aromatic rings. The second-order valence-electron chi connectivity index (χ2n) is 9.22. The minimum absolute atomic E-state index is 0.174. The highest BCUT2D eigenvalue weighted by atomic mass is 35.5. The van der Waals surface area contributed by atoms with Gasteiger partial charge in [0.05, 0.1) is 35.1 Å². The van der Waals surface area contributed by atoms with Crippen LogP contribution in [0.15, 0.2) is 101 Å². The molecule has 5 rings (SSSR count). The predicted octanol–water partition coefficient (Wildman–Crippen LogP) is 5.55. The molecule has 9 heteroatoms. The van der Waals surface area contributed by atoms with Gasteiger partial charge in [-0.25, -0.2) is 9.79 Å². The molecule has 1 aliphatic rings. The number of aromatic nitrogens is 1. The van der Waals surface area contributed by atoms with E-state index in [1.807, 2.05) is 61.5 Å². The Hall–Kier alpha value is -4.40. The maximum Gasteiger partial charge on any atom is 0.338 e. The molecule has 7 nitrogen and oxygen atoms in total. The minimum Gasteiger partial charge on any atom is -0.494 e. The van der Waals surface area contributed by atoms with Crippen molar-refractivity contribution >= 4 is 40.7 Å². The number of benzene rings is 3. The Labute approximate surface area is 252 Å². The topological polar surface area (TPSA) is 79.1 Å². The van der Waals surface area contributed by atoms with Gasteiger partial charge in [-0.1, -0.05) is 78.1 Å². The molecule has 0 bridgehead atoms. The molecular weight excluding hydrogens is 572 g/mol. The van der Waals surface area contributed by atoms with Gasteiger partial charge in [-0.2, -0.15) is 0 Å². The van der Waals surface area contributed by atoms with Gasteiger partial charge in [-0.15, -0.1) is 0 Å². The van der Waals surface area contributed by atoms with Gasteiger partial charge in [0.25, 0.3) is 5.56 Å². The van der Waals surface area contributed by atoms with Crippen LogP contribution in [-0.4, -0.2) is 30.4 Å². The number of ether oxygens (including phenoxy) is 3. The summed E-state index contributed by atoms with van der Waals surface area (Å²) >= 11 is 7.53. The van der Waals surface area contributed by atoms with E-state index >= 15 is 0 Å². The van der Waals surface area contributed by atoms with Crippen molar-refractivity contribution < 1.29 is 19.0 Å². The number of rotatable bonds is 10. The fraction of sp³-hybridized carbons (Fsp3) is 0.182. The zero-order valence-corrected chi connectivity index (χ0v) is 24.8. The van der Waals surface area contributed by atoms with Crippen LogP contribution < -0.4 is 24.4 Å². The van der Waals surface area contributed by atoms with E-state index in [1.54, 1.807) is 41.8 Å². The van der Waals surface area contributed by atoms with Crippen molar-refractivity contribution in [3.8, 4) is 11.5 Å². The van der Waals surface area contributed by atoms with E-state index in [1.165, 1.54) is 11.3 Å². The van der Waals surface area contributed by atoms with E-state index in [0.717, 1.165) is 11.1 Å². The summed E-state index contributed by atoms with van der Waals surface area (Å²) in [5.41, 5.74) is 2.53. The maximum atomic E-state index is 14.1. The number of fused-ring (bicyclic) bond motifs is 1. The number of carbonyl (C=O) groups is 1. The zero-order valence-electron chi connectivity index (χ0n) is 23.2. The Morgan fingerprint density at radius 3 is 2.50 bits per heavy atom. The van der Waals surface area contributed by atoms with Crippen molar-refractivity contribution in [2.45, 2.75) is 19.9 Å². The number of thiazole rings is 1. The van der Waals surface area contributed by atoms with Crippen LogP contribution in [-0.2, 0) is 9.53 Å². The molecule has 0 unspecified atom stereocenters. The van der Waals surface area contributed by atoms with Gasteiger partial charge < -0.3 is 14.2 Å². The van der Waals surface area contributed by atoms with Crippen LogP contribution in [0, 0.1) is 0 Å². The van der Waals surface area contributed by atoms with Gasteiger partial charge in [0, 0.05) is 16.1 Å². The molecule has 2 heterocycles. The molecule has 0 saturated heterocycles. The van der Waals surface area contributed by atoms with Crippen molar-refractivity contribution in [1.82, 2.24) is 4.57 Å². The highest BCUT2D eigenvalue weighted by molar-refractivity contribution is 7.07. The largest absolute Gasteiger partial charge is 0.494 e. The lowest BCUT2D eigenvalue weighted by molar-refractivity contribution is -0.138. The molecule has 0 spiro atoms. The molecule has 1 aliphatic heterocycles. The van der Waals surface area contributed by atoms with Crippen LogP contribution in [0.3, 0.4) is 0 Å². The summed E-state index contributed by atoms with van der Waals surface area (Å²) in [4.78, 5) is 33.1. The number of hydrogen-bond acceptors (Lipinski definition) is 7. The van der Waals surface area contributed by atoms with Crippen molar-refractivity contribution in [3.63, 3.8) is 0 Å². The molecule has 3 aromatic carbocycles. The Kier molecular flexibility index (Phi) is 9.05. The number of hydrogen-bond donors (Lipinski definition) is 0. The lowest BCUT2D eigenvalue weighted by Crippen LogP contribution is -2.40. The van der Waals surface area contributed by atoms with Crippen molar-refractivity contribution in [2.75, 3.05) is 19.8 Å². The second-order valence-corrected chi connectivity index (χ2v) is 10.7. The second kappa shape index (κ2) is 13.1. The summed E-state index contributed by atoms with van der Waals surface area (Å²) in [5, 5.41) is 0.503. The van der Waals surface area contributed by atoms with Crippen LogP contribution in [0.1, 0.15) is 36.6 Å². The fourth-order valence-electron chi connectivity index (χ4n) is 4.72. The van der Waals surface area contributed by atoms with Gasteiger partial charge in [0.1, 0.15) is 18.1 Å². The van der Waals surface area contributed by atoms with Gasteiger partial charge in [-0.3, -0.25) is 9.36 Å². The number of carbonyl (C=O) groups excluding carboxylic acids is 1. The van der Waals surface area contributed by atoms with Crippen molar-refractivity contribution in [3.05, 3.63) is 132 Å². The molecule has 0 aliphatic carbocycles. The normalized spacial score (nSPS) is 14.6. The highest BCUT2D eigenvalue weighted by Crippen LogP contribution is 2.35. The van der Waals surface area contributed by atoms with Crippen molar-refractivity contribution in [2.24, 2.45) is 4.99 Å². The SMILES string of the molecule is C=CCOc1ccc(Cl)cc1/C=c1\sc2n(c1=O)[C@@H](c1ccc(OCC)cc1)C(C(=O)OCC)=C(c1ccccc1)N=2. The standard InChI is InChI=1S/C33H29ClN2O5S/c1-4-18-41-26-17-14-24(34)19-23(26)20-27-31(37)36-30(22-12-15-25(16-13-22)39-5-2)28(32(38)40-6-3)29(35-33(36)42-27)21-10-8-7-9-11-21/h4,7-17,19-20,30H,1,5-6,18H2,2-3H3/b27-20-/t30-/m0/s1. The Morgan fingerprint density at radius 1 is 1.05 bits per heavy atom. The molecule has 42 heavy (non-hydrogen) atoms. The summed E-state index contributed by atoms with van der Waals surface area (Å²) in [6.45, 7) is 8.36. The van der Waals surface area contributed by atoms with Crippen LogP contribution in [0.2, 0.25) is 5.02 Å². The molecule has 1 atom stereocenters. The zero-order chi connectivity index (χ0) is 29.6. The third-order valence-electron chi connectivity index (χ3n) is 6.50. The quantitative estimate of drug-likeness (QED) is 0.176. The van der Waals surface area contributed by atoms with Crippen LogP contribution >= 0.6 is 22.9 Å². The molecule has 0 fully saturated rings. The Balaban J connectivity index is 1.79.